The van der Waals surface area contributed by atoms with Crippen molar-refractivity contribution in [1.29, 1.82) is 0 Å². The van der Waals surface area contributed by atoms with Crippen LogP contribution < -0.4 is 5.73 Å². The fourth-order valence-electron chi connectivity index (χ4n) is 4.40. The Balaban J connectivity index is 2.16. The molecule has 0 aliphatic heterocycles. The lowest BCUT2D eigenvalue weighted by Crippen LogP contribution is -2.50. The molecule has 6 nitrogen and oxygen atoms in total. The van der Waals surface area contributed by atoms with Crippen molar-refractivity contribution in [3.63, 3.8) is 0 Å². The van der Waals surface area contributed by atoms with Crippen LogP contribution in [0.15, 0.2) is 60.8 Å². The van der Waals surface area contributed by atoms with Crippen molar-refractivity contribution in [2.75, 3.05) is 26.8 Å². The minimum absolute atomic E-state index is 0.0268. The van der Waals surface area contributed by atoms with Gasteiger partial charge in [0.1, 0.15) is 18.2 Å². The van der Waals surface area contributed by atoms with Crippen molar-refractivity contribution in [3.05, 3.63) is 77.7 Å². The smallest absolute Gasteiger partial charge is 0.131 e. The van der Waals surface area contributed by atoms with Crippen LogP contribution in [0.4, 0.5) is 4.39 Å². The molecule has 1 unspecified atom stereocenters. The fraction of sp³-hybridized carbons (Fsp3) is 0.464. The number of ether oxygens (including phenoxy) is 1. The summed E-state index contributed by atoms with van der Waals surface area (Å²) in [6, 6.07) is 18.0. The molecule has 2 aromatic carbocycles. The number of nitrogens with two attached hydrogens (primary N) is 1. The molecule has 0 saturated carbocycles. The molecule has 3 rings (SSSR count). The first-order valence-corrected chi connectivity index (χ1v) is 12.1. The Hall–Kier alpha value is -2.58. The van der Waals surface area contributed by atoms with E-state index in [-0.39, 0.29) is 25.1 Å². The number of aliphatic hydroxyl groups excluding tert-OH is 1. The average Bonchev–Trinajstić information content (AvgIpc) is 3.21. The van der Waals surface area contributed by atoms with E-state index in [1.165, 1.54) is 12.7 Å². The third-order valence-electron chi connectivity index (χ3n) is 6.11. The van der Waals surface area contributed by atoms with Crippen LogP contribution in [0.3, 0.4) is 0 Å². The second kappa shape index (κ2) is 11.9. The van der Waals surface area contributed by atoms with Crippen molar-refractivity contribution in [1.82, 2.24) is 14.5 Å². The van der Waals surface area contributed by atoms with E-state index in [4.69, 9.17) is 15.5 Å². The fourth-order valence-corrected chi connectivity index (χ4v) is 4.40. The summed E-state index contributed by atoms with van der Waals surface area (Å²) < 4.78 is 22.0. The van der Waals surface area contributed by atoms with Gasteiger partial charge in [0.25, 0.3) is 0 Å². The Labute approximate surface area is 208 Å². The molecule has 0 amide bonds. The molecule has 1 aromatic heterocycles. The highest BCUT2D eigenvalue weighted by atomic mass is 19.1. The molecule has 0 saturated heterocycles. The molecule has 0 spiro atoms. The minimum atomic E-state index is -1.29. The van der Waals surface area contributed by atoms with Gasteiger partial charge in [0.05, 0.1) is 18.3 Å². The normalized spacial score (nSPS) is 14.8. The number of rotatable bonds is 11. The summed E-state index contributed by atoms with van der Waals surface area (Å²) in [7, 11) is 1.52. The molecule has 1 heterocycles. The van der Waals surface area contributed by atoms with Crippen LogP contribution in [0.1, 0.15) is 43.8 Å². The van der Waals surface area contributed by atoms with E-state index in [2.05, 4.69) is 68.7 Å². The summed E-state index contributed by atoms with van der Waals surface area (Å²) in [4.78, 5) is 6.83. The molecule has 0 fully saturated rings. The monoisotopic (exact) mass is 482 g/mol. The molecular formula is C28H39FN4O2. The first kappa shape index (κ1) is 27.0. The largest absolute Gasteiger partial charge is 0.381 e. The van der Waals surface area contributed by atoms with Crippen LogP contribution in [0, 0.1) is 12.3 Å². The van der Waals surface area contributed by atoms with Gasteiger partial charge in [-0.1, -0.05) is 80.9 Å². The number of methoxy groups -OCH3 is 1. The first-order valence-electron chi connectivity index (χ1n) is 12.1. The van der Waals surface area contributed by atoms with E-state index in [0.29, 0.717) is 6.54 Å². The van der Waals surface area contributed by atoms with Crippen LogP contribution in [-0.2, 0) is 11.3 Å². The van der Waals surface area contributed by atoms with E-state index < -0.39 is 18.4 Å². The lowest BCUT2D eigenvalue weighted by molar-refractivity contribution is -0.0999. The van der Waals surface area contributed by atoms with Gasteiger partial charge in [-0.05, 0) is 17.9 Å². The topological polar surface area (TPSA) is 76.5 Å². The Kier molecular flexibility index (Phi) is 9.19. The molecule has 3 aromatic rings. The molecular weight excluding hydrogens is 443 g/mol. The van der Waals surface area contributed by atoms with Crippen LogP contribution in [-0.4, -0.2) is 58.8 Å². The molecule has 7 heteroatoms. The molecule has 190 valence electrons. The van der Waals surface area contributed by atoms with Gasteiger partial charge in [-0.15, -0.1) is 0 Å². The van der Waals surface area contributed by atoms with Crippen molar-refractivity contribution in [2.24, 2.45) is 11.1 Å². The van der Waals surface area contributed by atoms with Crippen LogP contribution in [0.5, 0.6) is 0 Å². The molecule has 0 bridgehead atoms. The van der Waals surface area contributed by atoms with Crippen LogP contribution in [0.25, 0.3) is 11.3 Å². The van der Waals surface area contributed by atoms with Crippen molar-refractivity contribution < 1.29 is 14.2 Å². The molecule has 0 radical (unpaired) electrons. The maximum Gasteiger partial charge on any atom is 0.131 e. The second-order valence-electron chi connectivity index (χ2n) is 10.2. The Morgan fingerprint density at radius 2 is 1.77 bits per heavy atom. The Morgan fingerprint density at radius 1 is 1.11 bits per heavy atom. The number of hydrogen-bond acceptors (Lipinski definition) is 5. The third-order valence-corrected chi connectivity index (χ3v) is 6.11. The third kappa shape index (κ3) is 6.98. The standard InChI is InChI=1S/C28H39FN4O2/c1-20-11-13-22(14-12-20)24-18-32(16-21-9-7-6-8-10-21)27(31-24)26(28(2,3)4)33(17-23(29)15-30)25(34)19-35-5/h6-14,18,23,25-26,34H,15-17,19,30H2,1-5H3/t23-,25?,26+/m1/s1. The highest BCUT2D eigenvalue weighted by molar-refractivity contribution is 5.59. The predicted molar refractivity (Wildman–Crippen MR) is 139 cm³/mol. The number of halogens is 1. The maximum absolute atomic E-state index is 14.7. The van der Waals surface area contributed by atoms with Gasteiger partial charge in [-0.3, -0.25) is 4.90 Å². The van der Waals surface area contributed by atoms with Gasteiger partial charge in [0, 0.05) is 38.5 Å². The number of imidazole rings is 1. The summed E-state index contributed by atoms with van der Waals surface area (Å²) in [5.41, 5.74) is 9.39. The number of aromatic nitrogens is 2. The highest BCUT2D eigenvalue weighted by Gasteiger charge is 2.39. The Morgan fingerprint density at radius 3 is 2.34 bits per heavy atom. The number of benzene rings is 2. The summed E-state index contributed by atoms with van der Waals surface area (Å²) >= 11 is 0. The lowest BCUT2D eigenvalue weighted by atomic mass is 9.84. The van der Waals surface area contributed by atoms with Crippen LogP contribution in [0.2, 0.25) is 0 Å². The van der Waals surface area contributed by atoms with Gasteiger partial charge < -0.3 is 20.1 Å². The minimum Gasteiger partial charge on any atom is -0.381 e. The van der Waals surface area contributed by atoms with Gasteiger partial charge in [0.2, 0.25) is 0 Å². The number of alkyl halides is 1. The van der Waals surface area contributed by atoms with Crippen molar-refractivity contribution in [2.45, 2.75) is 52.7 Å². The number of aliphatic hydroxyl groups is 1. The summed E-state index contributed by atoms with van der Waals surface area (Å²) in [6.07, 6.45) is -0.262. The predicted octanol–water partition coefficient (Wildman–Crippen LogP) is 4.56. The van der Waals surface area contributed by atoms with Gasteiger partial charge in [-0.2, -0.15) is 0 Å². The molecule has 3 atom stereocenters. The Bertz CT molecular complexity index is 1050. The SMILES string of the molecule is COCC(O)N(C[C@H](F)CN)[C@@H](c1nc(-c2ccc(C)cc2)cn1Cc1ccccc1)C(C)(C)C. The number of aryl methyl sites for hydroxylation is 1. The van der Waals surface area contributed by atoms with E-state index in [9.17, 15) is 9.50 Å². The molecule has 0 aliphatic carbocycles. The number of hydrogen-bond donors (Lipinski definition) is 2. The van der Waals surface area contributed by atoms with Gasteiger partial charge >= 0.3 is 0 Å². The molecule has 3 N–H and O–H groups in total. The van der Waals surface area contributed by atoms with Crippen molar-refractivity contribution in [3.8, 4) is 11.3 Å². The van der Waals surface area contributed by atoms with E-state index >= 15 is 0 Å². The summed E-state index contributed by atoms with van der Waals surface area (Å²) in [5, 5.41) is 11.0. The first-order chi connectivity index (χ1) is 16.6. The molecule has 0 aliphatic rings. The zero-order valence-corrected chi connectivity index (χ0v) is 21.5. The maximum atomic E-state index is 14.7. The zero-order valence-electron chi connectivity index (χ0n) is 21.5. The summed E-state index contributed by atoms with van der Waals surface area (Å²) in [5.74, 6) is 0.760. The van der Waals surface area contributed by atoms with E-state index in [1.54, 1.807) is 4.90 Å². The van der Waals surface area contributed by atoms with E-state index in [1.807, 2.05) is 24.4 Å². The van der Waals surface area contributed by atoms with Crippen LogP contribution >= 0.6 is 0 Å². The average molecular weight is 483 g/mol. The lowest BCUT2D eigenvalue weighted by Gasteiger charge is -2.42. The number of nitrogens with zero attached hydrogens (tertiary/aromatic N) is 3. The highest BCUT2D eigenvalue weighted by Crippen LogP contribution is 2.40. The zero-order chi connectivity index (χ0) is 25.6. The van der Waals surface area contributed by atoms with Gasteiger partial charge in [0.15, 0.2) is 0 Å². The summed E-state index contributed by atoms with van der Waals surface area (Å²) in [6.45, 7) is 8.78. The van der Waals surface area contributed by atoms with E-state index in [0.717, 1.165) is 22.6 Å². The second-order valence-corrected chi connectivity index (χ2v) is 10.2. The van der Waals surface area contributed by atoms with Gasteiger partial charge in [-0.25, -0.2) is 9.37 Å². The van der Waals surface area contributed by atoms with Crippen molar-refractivity contribution >= 4 is 0 Å². The quantitative estimate of drug-likeness (QED) is 0.392. The molecule has 35 heavy (non-hydrogen) atoms.